The van der Waals surface area contributed by atoms with Crippen LogP contribution in [0.4, 0.5) is 0 Å². The van der Waals surface area contributed by atoms with Crippen LogP contribution in [0, 0.1) is 0 Å². The first kappa shape index (κ1) is 12.2. The standard InChI is InChI=1S/C13H12O5/c1-16-10-5-3-4-8-6-9(7-11(14)17-2)13(15)18-12(8)10/h3-6H,7H2,1-2H3. The van der Waals surface area contributed by atoms with Crippen LogP contribution in [0.25, 0.3) is 11.0 Å². The fourth-order valence-corrected chi connectivity index (χ4v) is 1.67. The summed E-state index contributed by atoms with van der Waals surface area (Å²) >= 11 is 0. The number of rotatable bonds is 3. The Morgan fingerprint density at radius 1 is 1.33 bits per heavy atom. The summed E-state index contributed by atoms with van der Waals surface area (Å²) in [7, 11) is 2.77. The molecular formula is C13H12O5. The van der Waals surface area contributed by atoms with Gasteiger partial charge in [-0.2, -0.15) is 0 Å². The van der Waals surface area contributed by atoms with E-state index in [1.54, 1.807) is 24.3 Å². The third kappa shape index (κ3) is 2.20. The lowest BCUT2D eigenvalue weighted by molar-refractivity contribution is -0.139. The molecule has 1 aromatic heterocycles. The van der Waals surface area contributed by atoms with E-state index in [2.05, 4.69) is 4.74 Å². The molecule has 5 heteroatoms. The van der Waals surface area contributed by atoms with Gasteiger partial charge in [0.25, 0.3) is 0 Å². The molecular weight excluding hydrogens is 236 g/mol. The lowest BCUT2D eigenvalue weighted by Crippen LogP contribution is -2.13. The SMILES string of the molecule is COC(=O)Cc1cc2cccc(OC)c2oc1=O. The van der Waals surface area contributed by atoms with Gasteiger partial charge in [-0.15, -0.1) is 0 Å². The zero-order chi connectivity index (χ0) is 13.1. The molecule has 0 fully saturated rings. The average molecular weight is 248 g/mol. The van der Waals surface area contributed by atoms with Crippen LogP contribution >= 0.6 is 0 Å². The van der Waals surface area contributed by atoms with E-state index in [4.69, 9.17) is 9.15 Å². The highest BCUT2D eigenvalue weighted by Gasteiger charge is 2.12. The van der Waals surface area contributed by atoms with Crippen molar-refractivity contribution >= 4 is 16.9 Å². The largest absolute Gasteiger partial charge is 0.493 e. The Labute approximate surface area is 103 Å². The Morgan fingerprint density at radius 3 is 2.78 bits per heavy atom. The Hall–Kier alpha value is -2.30. The molecule has 0 N–H and O–H groups in total. The summed E-state index contributed by atoms with van der Waals surface area (Å²) in [5, 5.41) is 0.702. The minimum atomic E-state index is -0.558. The van der Waals surface area contributed by atoms with Crippen LogP contribution in [0.2, 0.25) is 0 Å². The van der Waals surface area contributed by atoms with Gasteiger partial charge in [-0.05, 0) is 12.1 Å². The molecule has 2 rings (SSSR count). The van der Waals surface area contributed by atoms with Crippen molar-refractivity contribution in [2.24, 2.45) is 0 Å². The van der Waals surface area contributed by atoms with Gasteiger partial charge in [-0.1, -0.05) is 12.1 Å². The Bertz CT molecular complexity index is 641. The zero-order valence-electron chi connectivity index (χ0n) is 10.1. The number of ether oxygens (including phenoxy) is 2. The molecule has 0 spiro atoms. The van der Waals surface area contributed by atoms with Crippen LogP contribution < -0.4 is 10.4 Å². The number of fused-ring (bicyclic) bond motifs is 1. The maximum atomic E-state index is 11.7. The van der Waals surface area contributed by atoms with Gasteiger partial charge in [-0.25, -0.2) is 4.79 Å². The average Bonchev–Trinajstić information content (AvgIpc) is 2.38. The van der Waals surface area contributed by atoms with Gasteiger partial charge in [0.2, 0.25) is 0 Å². The minimum Gasteiger partial charge on any atom is -0.493 e. The van der Waals surface area contributed by atoms with E-state index < -0.39 is 11.6 Å². The minimum absolute atomic E-state index is 0.105. The van der Waals surface area contributed by atoms with Crippen molar-refractivity contribution in [1.29, 1.82) is 0 Å². The van der Waals surface area contributed by atoms with Crippen molar-refractivity contribution in [3.8, 4) is 5.75 Å². The Balaban J connectivity index is 2.56. The third-order valence-corrected chi connectivity index (χ3v) is 2.58. The second-order valence-electron chi connectivity index (χ2n) is 3.69. The van der Waals surface area contributed by atoms with Gasteiger partial charge in [0.15, 0.2) is 11.3 Å². The van der Waals surface area contributed by atoms with Gasteiger partial charge in [0, 0.05) is 10.9 Å². The number of para-hydroxylation sites is 1. The van der Waals surface area contributed by atoms with Gasteiger partial charge in [0.05, 0.1) is 20.6 Å². The summed E-state index contributed by atoms with van der Waals surface area (Å²) in [5.41, 5.74) is 0.0821. The molecule has 1 heterocycles. The number of hydrogen-bond acceptors (Lipinski definition) is 5. The van der Waals surface area contributed by atoms with E-state index in [9.17, 15) is 9.59 Å². The second kappa shape index (κ2) is 4.91. The van der Waals surface area contributed by atoms with E-state index in [0.717, 1.165) is 0 Å². The predicted molar refractivity (Wildman–Crippen MR) is 64.8 cm³/mol. The van der Waals surface area contributed by atoms with Crippen molar-refractivity contribution in [3.05, 3.63) is 40.2 Å². The number of methoxy groups -OCH3 is 2. The maximum Gasteiger partial charge on any atom is 0.340 e. The van der Waals surface area contributed by atoms with Crippen molar-refractivity contribution in [2.75, 3.05) is 14.2 Å². The van der Waals surface area contributed by atoms with Crippen molar-refractivity contribution in [3.63, 3.8) is 0 Å². The van der Waals surface area contributed by atoms with Crippen LogP contribution in [0.15, 0.2) is 33.5 Å². The molecule has 5 nitrogen and oxygen atoms in total. The molecule has 0 amide bonds. The summed E-state index contributed by atoms with van der Waals surface area (Å²) in [4.78, 5) is 22.9. The first-order valence-corrected chi connectivity index (χ1v) is 5.32. The highest BCUT2D eigenvalue weighted by atomic mass is 16.5. The molecule has 18 heavy (non-hydrogen) atoms. The first-order valence-electron chi connectivity index (χ1n) is 5.32. The summed E-state index contributed by atoms with van der Waals surface area (Å²) in [6.45, 7) is 0. The molecule has 0 radical (unpaired) electrons. The van der Waals surface area contributed by atoms with E-state index in [-0.39, 0.29) is 12.0 Å². The van der Waals surface area contributed by atoms with E-state index in [1.807, 2.05) is 0 Å². The van der Waals surface area contributed by atoms with Crippen LogP contribution in [-0.2, 0) is 16.0 Å². The normalized spacial score (nSPS) is 10.3. The van der Waals surface area contributed by atoms with Gasteiger partial charge >= 0.3 is 11.6 Å². The molecule has 0 aliphatic carbocycles. The summed E-state index contributed by atoms with van der Waals surface area (Å²) < 4.78 is 14.8. The molecule has 0 saturated heterocycles. The van der Waals surface area contributed by atoms with Gasteiger partial charge in [-0.3, -0.25) is 4.79 Å². The number of carbonyl (C=O) groups is 1. The molecule has 0 unspecified atom stereocenters. The summed E-state index contributed by atoms with van der Waals surface area (Å²) in [6, 6.07) is 6.87. The van der Waals surface area contributed by atoms with Crippen LogP contribution in [0.5, 0.6) is 5.75 Å². The fraction of sp³-hybridized carbons (Fsp3) is 0.231. The number of hydrogen-bond donors (Lipinski definition) is 0. The number of carbonyl (C=O) groups excluding carboxylic acids is 1. The molecule has 94 valence electrons. The predicted octanol–water partition coefficient (Wildman–Crippen LogP) is 1.52. The Morgan fingerprint density at radius 2 is 2.11 bits per heavy atom. The highest BCUT2D eigenvalue weighted by Crippen LogP contribution is 2.24. The molecule has 0 saturated carbocycles. The molecule has 0 atom stereocenters. The van der Waals surface area contributed by atoms with Crippen molar-refractivity contribution < 1.29 is 18.7 Å². The second-order valence-corrected chi connectivity index (χ2v) is 3.69. The van der Waals surface area contributed by atoms with Crippen LogP contribution in [0.1, 0.15) is 5.56 Å². The van der Waals surface area contributed by atoms with Gasteiger partial charge in [0.1, 0.15) is 0 Å². The zero-order valence-corrected chi connectivity index (χ0v) is 10.1. The monoisotopic (exact) mass is 248 g/mol. The molecule has 0 aliphatic heterocycles. The lowest BCUT2D eigenvalue weighted by Gasteiger charge is -2.05. The number of esters is 1. The van der Waals surface area contributed by atoms with E-state index in [0.29, 0.717) is 16.7 Å². The van der Waals surface area contributed by atoms with E-state index in [1.165, 1.54) is 14.2 Å². The van der Waals surface area contributed by atoms with Gasteiger partial charge < -0.3 is 13.9 Å². The Kier molecular flexibility index (Phi) is 3.32. The molecule has 0 aliphatic rings. The maximum absolute atomic E-state index is 11.7. The quantitative estimate of drug-likeness (QED) is 0.608. The van der Waals surface area contributed by atoms with Crippen molar-refractivity contribution in [2.45, 2.75) is 6.42 Å². The van der Waals surface area contributed by atoms with E-state index >= 15 is 0 Å². The highest BCUT2D eigenvalue weighted by molar-refractivity contribution is 5.83. The summed E-state index contributed by atoms with van der Waals surface area (Å²) in [5.74, 6) is -0.00114. The first-order chi connectivity index (χ1) is 8.65. The molecule has 1 aromatic carbocycles. The lowest BCUT2D eigenvalue weighted by atomic mass is 10.1. The van der Waals surface area contributed by atoms with Crippen molar-refractivity contribution in [1.82, 2.24) is 0 Å². The summed E-state index contributed by atoms with van der Waals surface area (Å²) in [6.07, 6.45) is -0.105. The fourth-order valence-electron chi connectivity index (χ4n) is 1.67. The smallest absolute Gasteiger partial charge is 0.340 e. The number of benzene rings is 1. The third-order valence-electron chi connectivity index (χ3n) is 2.58. The topological polar surface area (TPSA) is 65.7 Å². The molecule has 0 bridgehead atoms. The van der Waals surface area contributed by atoms with Crippen LogP contribution in [0.3, 0.4) is 0 Å². The molecule has 2 aromatic rings. The van der Waals surface area contributed by atoms with Crippen LogP contribution in [-0.4, -0.2) is 20.2 Å².